The van der Waals surface area contributed by atoms with Gasteiger partial charge in [0.05, 0.1) is 6.54 Å². The summed E-state index contributed by atoms with van der Waals surface area (Å²) in [6, 6.07) is 22.1. The molecule has 0 radical (unpaired) electrons. The van der Waals surface area contributed by atoms with Gasteiger partial charge in [0.1, 0.15) is 11.9 Å². The summed E-state index contributed by atoms with van der Waals surface area (Å²) in [6.07, 6.45) is -0.406. The summed E-state index contributed by atoms with van der Waals surface area (Å²) in [4.78, 5) is 13.2. The molecule has 0 spiro atoms. The average Bonchev–Trinajstić information content (AvgIpc) is 3.11. The Labute approximate surface area is 171 Å². The summed E-state index contributed by atoms with van der Waals surface area (Å²) < 4.78 is 6.16. The van der Waals surface area contributed by atoms with Gasteiger partial charge in [0, 0.05) is 18.5 Å². The number of fused-ring (bicyclic) bond motifs is 1. The van der Waals surface area contributed by atoms with Gasteiger partial charge in [-0.05, 0) is 47.7 Å². The van der Waals surface area contributed by atoms with Gasteiger partial charge in [0.2, 0.25) is 0 Å². The van der Waals surface area contributed by atoms with Crippen molar-refractivity contribution in [3.8, 4) is 16.9 Å². The maximum atomic E-state index is 11.8. The summed E-state index contributed by atoms with van der Waals surface area (Å²) in [5, 5.41) is 9.69. The van der Waals surface area contributed by atoms with Crippen molar-refractivity contribution < 1.29 is 14.6 Å². The quantitative estimate of drug-likeness (QED) is 0.633. The van der Waals surface area contributed by atoms with Gasteiger partial charge in [-0.25, -0.2) is 4.79 Å². The minimum atomic E-state index is -0.927. The van der Waals surface area contributed by atoms with E-state index in [4.69, 9.17) is 4.74 Å². The zero-order chi connectivity index (χ0) is 20.4. The maximum absolute atomic E-state index is 11.8. The van der Waals surface area contributed by atoms with Crippen molar-refractivity contribution in [2.75, 3.05) is 6.54 Å². The molecule has 148 valence electrons. The van der Waals surface area contributed by atoms with E-state index in [1.54, 1.807) is 0 Å². The molecule has 0 aromatic heterocycles. The molecule has 1 aliphatic heterocycles. The third kappa shape index (κ3) is 3.97. The van der Waals surface area contributed by atoms with Crippen molar-refractivity contribution in [2.45, 2.75) is 32.9 Å². The van der Waals surface area contributed by atoms with Crippen LogP contribution >= 0.6 is 0 Å². The molecular formula is C25H25NO3. The highest BCUT2D eigenvalue weighted by molar-refractivity contribution is 5.76. The number of ether oxygens (including phenoxy) is 1. The van der Waals surface area contributed by atoms with Crippen LogP contribution in [0.25, 0.3) is 11.1 Å². The van der Waals surface area contributed by atoms with Crippen LogP contribution in [0, 0.1) is 13.8 Å². The number of amides is 1. The first-order valence-corrected chi connectivity index (χ1v) is 9.90. The van der Waals surface area contributed by atoms with Crippen molar-refractivity contribution in [3.63, 3.8) is 0 Å². The second-order valence-corrected chi connectivity index (χ2v) is 7.64. The van der Waals surface area contributed by atoms with E-state index in [0.29, 0.717) is 19.5 Å². The van der Waals surface area contributed by atoms with E-state index >= 15 is 0 Å². The Morgan fingerprint density at radius 3 is 2.38 bits per heavy atom. The predicted molar refractivity (Wildman–Crippen MR) is 114 cm³/mol. The van der Waals surface area contributed by atoms with Gasteiger partial charge in [-0.1, -0.05) is 60.7 Å². The molecule has 0 aliphatic carbocycles. The number of benzene rings is 3. The largest absolute Gasteiger partial charge is 0.488 e. The van der Waals surface area contributed by atoms with Gasteiger partial charge in [0.25, 0.3) is 0 Å². The molecule has 3 aromatic carbocycles. The van der Waals surface area contributed by atoms with Crippen LogP contribution in [-0.2, 0) is 13.0 Å². The predicted octanol–water partition coefficient (Wildman–Crippen LogP) is 5.45. The van der Waals surface area contributed by atoms with E-state index in [2.05, 4.69) is 38.1 Å². The van der Waals surface area contributed by atoms with E-state index in [1.165, 1.54) is 32.7 Å². The van der Waals surface area contributed by atoms with Crippen LogP contribution in [0.5, 0.6) is 5.75 Å². The van der Waals surface area contributed by atoms with Crippen LogP contribution in [0.1, 0.15) is 22.3 Å². The number of rotatable bonds is 5. The first-order chi connectivity index (χ1) is 14.0. The molecule has 4 nitrogen and oxygen atoms in total. The summed E-state index contributed by atoms with van der Waals surface area (Å²) in [7, 11) is 0. The second kappa shape index (κ2) is 8.00. The van der Waals surface area contributed by atoms with E-state index in [9.17, 15) is 9.90 Å². The SMILES string of the molecule is Cc1cccc(C)c1-c1cccc2c1CC(CN(Cc1ccccc1)C(=O)O)O2. The molecule has 3 aromatic rings. The minimum absolute atomic E-state index is 0.185. The number of hydrogen-bond donors (Lipinski definition) is 1. The normalized spacial score (nSPS) is 14.9. The molecule has 0 saturated carbocycles. The highest BCUT2D eigenvalue weighted by Crippen LogP contribution is 2.39. The molecule has 1 heterocycles. The van der Waals surface area contributed by atoms with Gasteiger partial charge < -0.3 is 14.7 Å². The fourth-order valence-electron chi connectivity index (χ4n) is 4.17. The van der Waals surface area contributed by atoms with Gasteiger partial charge in [-0.2, -0.15) is 0 Å². The Morgan fingerprint density at radius 2 is 1.69 bits per heavy atom. The minimum Gasteiger partial charge on any atom is -0.488 e. The molecule has 1 unspecified atom stereocenters. The lowest BCUT2D eigenvalue weighted by Crippen LogP contribution is -2.37. The molecule has 0 bridgehead atoms. The monoisotopic (exact) mass is 387 g/mol. The molecule has 0 saturated heterocycles. The van der Waals surface area contributed by atoms with Crippen molar-refractivity contribution in [3.05, 3.63) is 89.0 Å². The van der Waals surface area contributed by atoms with E-state index in [-0.39, 0.29) is 6.10 Å². The van der Waals surface area contributed by atoms with Crippen molar-refractivity contribution in [1.82, 2.24) is 4.90 Å². The summed E-state index contributed by atoms with van der Waals surface area (Å²) in [5.41, 5.74) is 7.04. The van der Waals surface area contributed by atoms with Gasteiger partial charge >= 0.3 is 6.09 Å². The second-order valence-electron chi connectivity index (χ2n) is 7.64. The lowest BCUT2D eigenvalue weighted by Gasteiger charge is -2.22. The number of carboxylic acid groups (broad SMARTS) is 1. The molecular weight excluding hydrogens is 362 g/mol. The Hall–Kier alpha value is -3.27. The van der Waals surface area contributed by atoms with Gasteiger partial charge in [-0.3, -0.25) is 0 Å². The molecule has 4 heteroatoms. The Morgan fingerprint density at radius 1 is 1.00 bits per heavy atom. The fourth-order valence-corrected chi connectivity index (χ4v) is 4.17. The average molecular weight is 387 g/mol. The number of hydrogen-bond acceptors (Lipinski definition) is 2. The van der Waals surface area contributed by atoms with Gasteiger partial charge in [-0.15, -0.1) is 0 Å². The fraction of sp³-hybridized carbons (Fsp3) is 0.240. The molecule has 1 atom stereocenters. The smallest absolute Gasteiger partial charge is 0.407 e. The first-order valence-electron chi connectivity index (χ1n) is 9.90. The van der Waals surface area contributed by atoms with Gasteiger partial charge in [0.15, 0.2) is 0 Å². The highest BCUT2D eigenvalue weighted by Gasteiger charge is 2.29. The summed E-state index contributed by atoms with van der Waals surface area (Å²) in [6.45, 7) is 4.95. The third-order valence-corrected chi connectivity index (χ3v) is 5.52. The molecule has 1 amide bonds. The van der Waals surface area contributed by atoms with E-state index in [1.807, 2.05) is 42.5 Å². The van der Waals surface area contributed by atoms with Crippen LogP contribution in [-0.4, -0.2) is 28.7 Å². The zero-order valence-electron chi connectivity index (χ0n) is 16.8. The Balaban J connectivity index is 1.57. The molecule has 29 heavy (non-hydrogen) atoms. The van der Waals surface area contributed by atoms with Crippen molar-refractivity contribution in [2.24, 2.45) is 0 Å². The third-order valence-electron chi connectivity index (χ3n) is 5.52. The molecule has 4 rings (SSSR count). The number of nitrogens with zero attached hydrogens (tertiary/aromatic N) is 1. The molecule has 1 N–H and O–H groups in total. The Bertz CT molecular complexity index is 1010. The van der Waals surface area contributed by atoms with Crippen molar-refractivity contribution in [1.29, 1.82) is 0 Å². The van der Waals surface area contributed by atoms with Crippen molar-refractivity contribution >= 4 is 6.09 Å². The first kappa shape index (κ1) is 19.1. The summed E-state index contributed by atoms with van der Waals surface area (Å²) in [5.74, 6) is 0.861. The van der Waals surface area contributed by atoms with E-state index < -0.39 is 6.09 Å². The standard InChI is InChI=1S/C25H25NO3/c1-17-8-6-9-18(2)24(17)21-12-7-13-23-22(21)14-20(29-23)16-26(25(27)28)15-19-10-4-3-5-11-19/h3-13,20H,14-16H2,1-2H3,(H,27,28). The number of aryl methyl sites for hydroxylation is 2. The summed E-state index contributed by atoms with van der Waals surface area (Å²) >= 11 is 0. The zero-order valence-corrected chi connectivity index (χ0v) is 16.8. The van der Waals surface area contributed by atoms with Crippen LogP contribution in [0.2, 0.25) is 0 Å². The van der Waals surface area contributed by atoms with Crippen LogP contribution in [0.3, 0.4) is 0 Å². The lowest BCUT2D eigenvalue weighted by atomic mass is 9.91. The molecule has 1 aliphatic rings. The highest BCUT2D eigenvalue weighted by atomic mass is 16.5. The van der Waals surface area contributed by atoms with E-state index in [0.717, 1.165) is 11.3 Å². The number of carbonyl (C=O) groups is 1. The lowest BCUT2D eigenvalue weighted by molar-refractivity contribution is 0.113. The molecule has 0 fully saturated rings. The Kier molecular flexibility index (Phi) is 5.26. The topological polar surface area (TPSA) is 49.8 Å². The maximum Gasteiger partial charge on any atom is 0.407 e. The van der Waals surface area contributed by atoms with Crippen LogP contribution in [0.15, 0.2) is 66.7 Å². The van der Waals surface area contributed by atoms with Crippen LogP contribution < -0.4 is 4.74 Å². The van der Waals surface area contributed by atoms with Crippen LogP contribution in [0.4, 0.5) is 4.79 Å².